The predicted octanol–water partition coefficient (Wildman–Crippen LogP) is 11.8. The maximum atomic E-state index is 6.19. The molecule has 0 aliphatic carbocycles. The van der Waals surface area contributed by atoms with Gasteiger partial charge in [0.15, 0.2) is 5.84 Å². The van der Waals surface area contributed by atoms with E-state index in [0.717, 1.165) is 68.6 Å². The molecule has 0 aliphatic rings. The second kappa shape index (κ2) is 20.2. The monoisotopic (exact) mass is 673 g/mol. The van der Waals surface area contributed by atoms with Gasteiger partial charge in [-0.3, -0.25) is 4.99 Å². The highest BCUT2D eigenvalue weighted by Crippen LogP contribution is 2.32. The number of thiol groups is 1. The number of aliphatic imine (C=N–C) groups is 2. The van der Waals surface area contributed by atoms with Crippen LogP contribution in [0.25, 0.3) is 22.3 Å². The molecule has 0 saturated heterocycles. The Morgan fingerprint density at radius 3 is 2.10 bits per heavy atom. The van der Waals surface area contributed by atoms with Gasteiger partial charge in [0, 0.05) is 17.5 Å². The molecule has 0 saturated carbocycles. The third-order valence-electron chi connectivity index (χ3n) is 7.99. The van der Waals surface area contributed by atoms with Crippen molar-refractivity contribution in [2.45, 2.75) is 40.2 Å². The molecule has 0 fully saturated rings. The molecule has 4 aromatic carbocycles. The number of rotatable bonds is 14. The van der Waals surface area contributed by atoms with E-state index >= 15 is 0 Å². The summed E-state index contributed by atoms with van der Waals surface area (Å²) in [6.45, 7) is 10.9. The lowest BCUT2D eigenvalue weighted by molar-refractivity contribution is 1.06. The van der Waals surface area contributed by atoms with Crippen LogP contribution in [0.5, 0.6) is 0 Å². The average Bonchev–Trinajstić information content (AvgIpc) is 3.16. The predicted molar refractivity (Wildman–Crippen MR) is 223 cm³/mol. The number of nitrogens with two attached hydrogens (primary N) is 1. The van der Waals surface area contributed by atoms with Crippen LogP contribution in [0.1, 0.15) is 60.6 Å². The molecule has 0 atom stereocenters. The van der Waals surface area contributed by atoms with Crippen LogP contribution in [0.4, 0.5) is 0 Å². The third-order valence-corrected chi connectivity index (χ3v) is 8.16. The normalized spacial score (nSPS) is 13.4. The largest absolute Gasteiger partial charge is 0.404 e. The lowest BCUT2D eigenvalue weighted by Gasteiger charge is -2.14. The van der Waals surface area contributed by atoms with Gasteiger partial charge in [-0.05, 0) is 113 Å². The molecule has 0 unspecified atom stereocenters. The molecule has 0 bridgehead atoms. The Morgan fingerprint density at radius 2 is 1.44 bits per heavy atom. The van der Waals surface area contributed by atoms with Gasteiger partial charge in [0.25, 0.3) is 0 Å². The number of nitrogens with zero attached hydrogens (tertiary/aromatic N) is 2. The van der Waals surface area contributed by atoms with Gasteiger partial charge in [-0.2, -0.15) is 12.6 Å². The Hall–Kier alpha value is -5.45. The highest BCUT2D eigenvalue weighted by Gasteiger charge is 2.12. The Labute approximate surface area is 304 Å². The van der Waals surface area contributed by atoms with Crippen LogP contribution in [-0.2, 0) is 13.0 Å². The first-order chi connectivity index (χ1) is 24.5. The summed E-state index contributed by atoms with van der Waals surface area (Å²) in [5.41, 5.74) is 17.6. The fourth-order valence-corrected chi connectivity index (χ4v) is 5.47. The highest BCUT2D eigenvalue weighted by atomic mass is 32.1. The first kappa shape index (κ1) is 37.4. The minimum Gasteiger partial charge on any atom is -0.404 e. The maximum absolute atomic E-state index is 6.19. The topological polar surface area (TPSA) is 50.7 Å². The average molecular weight is 674 g/mol. The molecule has 4 rings (SSSR count). The summed E-state index contributed by atoms with van der Waals surface area (Å²) >= 11 is 4.21. The zero-order valence-corrected chi connectivity index (χ0v) is 30.2. The van der Waals surface area contributed by atoms with E-state index in [-0.39, 0.29) is 0 Å². The van der Waals surface area contributed by atoms with E-state index < -0.39 is 0 Å². The second-order valence-electron chi connectivity index (χ2n) is 11.7. The van der Waals surface area contributed by atoms with Crippen molar-refractivity contribution in [1.29, 1.82) is 0 Å². The molecule has 0 spiro atoms. The quantitative estimate of drug-likeness (QED) is 0.0595. The van der Waals surface area contributed by atoms with E-state index in [1.54, 1.807) is 11.6 Å². The van der Waals surface area contributed by atoms with Crippen LogP contribution in [0.3, 0.4) is 0 Å². The Kier molecular flexibility index (Phi) is 15.1. The number of benzene rings is 4. The van der Waals surface area contributed by atoms with E-state index in [1.807, 2.05) is 73.7 Å². The highest BCUT2D eigenvalue weighted by molar-refractivity contribution is 7.83. The fourth-order valence-electron chi connectivity index (χ4n) is 5.37. The van der Waals surface area contributed by atoms with Crippen LogP contribution in [-0.4, -0.2) is 11.5 Å². The standard InChI is InChI=1S/C46H47N3S/c1-5-8-22-38(7-3)43-30-44(40(33-47)23-9-6-2)32-45(31-43)42-28-37(21-15-12-18-26-50)27-41(29-42)35(4)49-46(39-24-16-11-17-25-39)48-34-36-19-13-10-14-20-36/h5,7-20,22-33,50H,3,6,21,34,47H2,1-2,4H3/b8-5-,15-12-,23-9-,26-18-,38-22+,40-33+,48-46?,49-35?. The van der Waals surface area contributed by atoms with Gasteiger partial charge >= 0.3 is 0 Å². The molecular formula is C46H47N3S. The molecule has 0 aromatic heterocycles. The smallest absolute Gasteiger partial charge is 0.155 e. The zero-order valence-electron chi connectivity index (χ0n) is 29.3. The van der Waals surface area contributed by atoms with Crippen molar-refractivity contribution in [3.05, 3.63) is 203 Å². The zero-order chi connectivity index (χ0) is 35.6. The van der Waals surface area contributed by atoms with Crippen LogP contribution >= 0.6 is 12.6 Å². The summed E-state index contributed by atoms with van der Waals surface area (Å²) in [6.07, 6.45) is 21.7. The van der Waals surface area contributed by atoms with Crippen molar-refractivity contribution >= 4 is 35.3 Å². The summed E-state index contributed by atoms with van der Waals surface area (Å²) < 4.78 is 0. The second-order valence-corrected chi connectivity index (χ2v) is 12.0. The molecule has 0 radical (unpaired) electrons. The van der Waals surface area contributed by atoms with E-state index in [1.165, 1.54) is 5.56 Å². The summed E-state index contributed by atoms with van der Waals surface area (Å²) in [4.78, 5) is 10.2. The summed E-state index contributed by atoms with van der Waals surface area (Å²) in [6, 6.07) is 33.8. The SMILES string of the molecule is C=C/C(=C\C=C/C)c1cc(C(/C=C\CC)=C/N)cc(-c2cc(C/C=C\C=C/S)cc(C(C)=NC(=NCc3ccccc3)c3ccccc3)c2)c1. The van der Waals surface area contributed by atoms with E-state index in [0.29, 0.717) is 12.4 Å². The van der Waals surface area contributed by atoms with Crippen molar-refractivity contribution in [2.24, 2.45) is 15.7 Å². The number of hydrogen-bond acceptors (Lipinski definition) is 3. The lowest BCUT2D eigenvalue weighted by atomic mass is 9.90. The number of allylic oxidation sites excluding steroid dienone is 11. The van der Waals surface area contributed by atoms with E-state index in [2.05, 4.69) is 118 Å². The van der Waals surface area contributed by atoms with Crippen molar-refractivity contribution in [3.63, 3.8) is 0 Å². The number of amidine groups is 1. The Balaban J connectivity index is 1.92. The van der Waals surface area contributed by atoms with Gasteiger partial charge in [-0.1, -0.05) is 135 Å². The van der Waals surface area contributed by atoms with Gasteiger partial charge < -0.3 is 5.73 Å². The Bertz CT molecular complexity index is 1970. The minimum absolute atomic E-state index is 0.544. The van der Waals surface area contributed by atoms with Gasteiger partial charge in [0.1, 0.15) is 0 Å². The van der Waals surface area contributed by atoms with Crippen LogP contribution < -0.4 is 5.73 Å². The van der Waals surface area contributed by atoms with E-state index in [9.17, 15) is 0 Å². The third kappa shape index (κ3) is 11.0. The molecule has 0 aliphatic heterocycles. The van der Waals surface area contributed by atoms with Crippen molar-refractivity contribution < 1.29 is 0 Å². The van der Waals surface area contributed by atoms with Crippen molar-refractivity contribution in [3.8, 4) is 11.1 Å². The molecule has 252 valence electrons. The van der Waals surface area contributed by atoms with E-state index in [4.69, 9.17) is 15.7 Å². The van der Waals surface area contributed by atoms with Gasteiger partial charge in [0.2, 0.25) is 0 Å². The van der Waals surface area contributed by atoms with Crippen molar-refractivity contribution in [2.75, 3.05) is 0 Å². The molecule has 4 aromatic rings. The van der Waals surface area contributed by atoms with Gasteiger partial charge in [0.05, 0.1) is 6.54 Å². The fraction of sp³-hybridized carbons (Fsp3) is 0.130. The first-order valence-electron chi connectivity index (χ1n) is 17.0. The Morgan fingerprint density at radius 1 is 0.760 bits per heavy atom. The number of hydrogen-bond donors (Lipinski definition) is 2. The first-order valence-corrected chi connectivity index (χ1v) is 17.5. The van der Waals surface area contributed by atoms with Crippen LogP contribution in [0, 0.1) is 0 Å². The molecule has 0 amide bonds. The molecule has 4 heteroatoms. The van der Waals surface area contributed by atoms with Gasteiger partial charge in [-0.15, -0.1) is 0 Å². The molecule has 3 nitrogen and oxygen atoms in total. The maximum Gasteiger partial charge on any atom is 0.155 e. The molecular weight excluding hydrogens is 627 g/mol. The lowest BCUT2D eigenvalue weighted by Crippen LogP contribution is -2.05. The minimum atomic E-state index is 0.544. The summed E-state index contributed by atoms with van der Waals surface area (Å²) in [7, 11) is 0. The molecule has 0 heterocycles. The summed E-state index contributed by atoms with van der Waals surface area (Å²) in [5, 5.41) is 1.73. The van der Waals surface area contributed by atoms with Crippen LogP contribution in [0.2, 0.25) is 0 Å². The van der Waals surface area contributed by atoms with Gasteiger partial charge in [-0.25, -0.2) is 4.99 Å². The van der Waals surface area contributed by atoms with Crippen molar-refractivity contribution in [1.82, 2.24) is 0 Å². The summed E-state index contributed by atoms with van der Waals surface area (Å²) in [5.74, 6) is 0.701. The van der Waals surface area contributed by atoms with Crippen LogP contribution in [0.15, 0.2) is 180 Å². The molecule has 50 heavy (non-hydrogen) atoms. The molecule has 2 N–H and O–H groups in total.